The molecule has 0 aliphatic heterocycles. The van der Waals surface area contributed by atoms with Gasteiger partial charge in [-0.15, -0.1) is 0 Å². The van der Waals surface area contributed by atoms with Crippen LogP contribution in [0.25, 0.3) is 5.82 Å². The number of pyridine rings is 1. The Morgan fingerprint density at radius 2 is 2.18 bits per heavy atom. The van der Waals surface area contributed by atoms with Crippen LogP contribution in [0, 0.1) is 22.7 Å². The van der Waals surface area contributed by atoms with E-state index in [0.717, 1.165) is 0 Å². The first-order valence-corrected chi connectivity index (χ1v) is 4.83. The predicted octanol–water partition coefficient (Wildman–Crippen LogP) is 0.787. The van der Waals surface area contributed by atoms with Crippen molar-refractivity contribution in [3.8, 4) is 18.0 Å². The van der Waals surface area contributed by atoms with Gasteiger partial charge in [0.1, 0.15) is 17.5 Å². The average molecular weight is 224 g/mol. The van der Waals surface area contributed by atoms with Crippen molar-refractivity contribution in [2.75, 3.05) is 5.73 Å². The Bertz CT molecular complexity index is 614. The monoisotopic (exact) mass is 224 g/mol. The molecule has 6 nitrogen and oxygen atoms in total. The van der Waals surface area contributed by atoms with E-state index >= 15 is 0 Å². The maximum Gasteiger partial charge on any atom is 0.155 e. The molecule has 0 saturated carbocycles. The standard InChI is InChI=1S/C11H8N6/c12-5-4-9-8(7-13)11(14)17(16-9)10-3-1-2-6-15-10/h1-3,6H,4,14H2. The van der Waals surface area contributed by atoms with Gasteiger partial charge in [0.2, 0.25) is 0 Å². The third-order valence-electron chi connectivity index (χ3n) is 2.22. The highest BCUT2D eigenvalue weighted by Crippen LogP contribution is 2.19. The zero-order valence-electron chi connectivity index (χ0n) is 8.83. The second-order valence-electron chi connectivity index (χ2n) is 3.25. The molecular formula is C11H8N6. The Labute approximate surface area is 97.5 Å². The fourth-order valence-corrected chi connectivity index (χ4v) is 1.45. The lowest BCUT2D eigenvalue weighted by Crippen LogP contribution is -2.04. The fourth-order valence-electron chi connectivity index (χ4n) is 1.45. The van der Waals surface area contributed by atoms with Crippen LogP contribution in [-0.4, -0.2) is 14.8 Å². The van der Waals surface area contributed by atoms with Crippen LogP contribution in [0.4, 0.5) is 5.82 Å². The first-order valence-electron chi connectivity index (χ1n) is 4.83. The van der Waals surface area contributed by atoms with Gasteiger partial charge in [-0.05, 0) is 12.1 Å². The molecule has 0 aliphatic rings. The second-order valence-corrected chi connectivity index (χ2v) is 3.25. The van der Waals surface area contributed by atoms with E-state index in [1.165, 1.54) is 4.68 Å². The molecule has 2 heterocycles. The highest BCUT2D eigenvalue weighted by atomic mass is 15.3. The number of hydrogen-bond acceptors (Lipinski definition) is 5. The molecule has 2 rings (SSSR count). The van der Waals surface area contributed by atoms with Gasteiger partial charge in [-0.2, -0.15) is 20.3 Å². The molecule has 17 heavy (non-hydrogen) atoms. The lowest BCUT2D eigenvalue weighted by atomic mass is 10.2. The minimum absolute atomic E-state index is 0.0485. The quantitative estimate of drug-likeness (QED) is 0.811. The van der Waals surface area contributed by atoms with E-state index in [2.05, 4.69) is 10.1 Å². The van der Waals surface area contributed by atoms with Crippen LogP contribution in [0.15, 0.2) is 24.4 Å². The van der Waals surface area contributed by atoms with Gasteiger partial charge in [0.05, 0.1) is 18.2 Å². The van der Waals surface area contributed by atoms with E-state index in [0.29, 0.717) is 11.5 Å². The molecule has 0 unspecified atom stereocenters. The van der Waals surface area contributed by atoms with E-state index in [9.17, 15) is 0 Å². The van der Waals surface area contributed by atoms with Gasteiger partial charge in [0, 0.05) is 6.20 Å². The number of anilines is 1. The normalized spacial score (nSPS) is 9.53. The zero-order chi connectivity index (χ0) is 12.3. The van der Waals surface area contributed by atoms with E-state index in [1.807, 2.05) is 12.1 Å². The molecule has 2 N–H and O–H groups in total. The molecular weight excluding hydrogens is 216 g/mol. The number of nitriles is 2. The molecule has 2 aromatic heterocycles. The molecule has 82 valence electrons. The number of nitrogens with two attached hydrogens (primary N) is 1. The highest BCUT2D eigenvalue weighted by molar-refractivity contribution is 5.55. The first-order chi connectivity index (χ1) is 8.27. The summed E-state index contributed by atoms with van der Waals surface area (Å²) in [6.07, 6.45) is 1.65. The van der Waals surface area contributed by atoms with E-state index < -0.39 is 0 Å². The van der Waals surface area contributed by atoms with Gasteiger partial charge in [-0.25, -0.2) is 4.98 Å². The topological polar surface area (TPSA) is 104 Å². The Morgan fingerprint density at radius 3 is 2.76 bits per heavy atom. The van der Waals surface area contributed by atoms with Crippen LogP contribution in [0.1, 0.15) is 11.3 Å². The number of nitrogens with zero attached hydrogens (tertiary/aromatic N) is 5. The summed E-state index contributed by atoms with van der Waals surface area (Å²) < 4.78 is 1.37. The number of nitrogen functional groups attached to an aromatic ring is 1. The summed E-state index contributed by atoms with van der Waals surface area (Å²) in [6.45, 7) is 0. The zero-order valence-corrected chi connectivity index (χ0v) is 8.83. The van der Waals surface area contributed by atoms with Crippen LogP contribution in [-0.2, 0) is 6.42 Å². The van der Waals surface area contributed by atoms with Crippen LogP contribution in [0.2, 0.25) is 0 Å². The Kier molecular flexibility index (Phi) is 2.71. The molecule has 0 bridgehead atoms. The smallest absolute Gasteiger partial charge is 0.155 e. The number of aromatic nitrogens is 3. The third-order valence-corrected chi connectivity index (χ3v) is 2.22. The molecule has 0 saturated heterocycles. The average Bonchev–Trinajstić information content (AvgIpc) is 2.67. The molecule has 0 amide bonds. The molecule has 0 spiro atoms. The third kappa shape index (κ3) is 1.80. The summed E-state index contributed by atoms with van der Waals surface area (Å²) in [4.78, 5) is 4.09. The van der Waals surface area contributed by atoms with Gasteiger partial charge < -0.3 is 5.73 Å². The van der Waals surface area contributed by atoms with Gasteiger partial charge in [0.25, 0.3) is 0 Å². The highest BCUT2D eigenvalue weighted by Gasteiger charge is 2.16. The van der Waals surface area contributed by atoms with Gasteiger partial charge in [-0.3, -0.25) is 0 Å². The maximum atomic E-state index is 8.97. The van der Waals surface area contributed by atoms with E-state index in [4.69, 9.17) is 16.3 Å². The summed E-state index contributed by atoms with van der Waals surface area (Å²) in [5.41, 5.74) is 6.41. The molecule has 6 heteroatoms. The fraction of sp³-hybridized carbons (Fsp3) is 0.0909. The van der Waals surface area contributed by atoms with Crippen molar-refractivity contribution in [2.24, 2.45) is 0 Å². The number of rotatable bonds is 2. The minimum atomic E-state index is 0.0485. The lowest BCUT2D eigenvalue weighted by Gasteiger charge is -2.00. The van der Waals surface area contributed by atoms with E-state index in [-0.39, 0.29) is 17.8 Å². The van der Waals surface area contributed by atoms with Crippen LogP contribution in [0.3, 0.4) is 0 Å². The molecule has 0 radical (unpaired) electrons. The minimum Gasteiger partial charge on any atom is -0.382 e. The molecule has 0 fully saturated rings. The van der Waals surface area contributed by atoms with Crippen molar-refractivity contribution in [2.45, 2.75) is 6.42 Å². The van der Waals surface area contributed by atoms with Crippen molar-refractivity contribution in [1.29, 1.82) is 10.5 Å². The van der Waals surface area contributed by atoms with Crippen molar-refractivity contribution in [1.82, 2.24) is 14.8 Å². The summed E-state index contributed by atoms with van der Waals surface area (Å²) in [7, 11) is 0. The van der Waals surface area contributed by atoms with Crippen molar-refractivity contribution in [3.05, 3.63) is 35.7 Å². The molecule has 2 aromatic rings. The Hall–Kier alpha value is -2.86. The van der Waals surface area contributed by atoms with Crippen LogP contribution < -0.4 is 5.73 Å². The molecule has 0 aromatic carbocycles. The lowest BCUT2D eigenvalue weighted by molar-refractivity contribution is 0.833. The number of hydrogen-bond donors (Lipinski definition) is 1. The largest absolute Gasteiger partial charge is 0.382 e. The second kappa shape index (κ2) is 4.33. The van der Waals surface area contributed by atoms with E-state index in [1.54, 1.807) is 24.4 Å². The Balaban J connectivity index is 2.59. The van der Waals surface area contributed by atoms with Crippen molar-refractivity contribution in [3.63, 3.8) is 0 Å². The Morgan fingerprint density at radius 1 is 1.35 bits per heavy atom. The molecule has 0 aliphatic carbocycles. The van der Waals surface area contributed by atoms with Crippen LogP contribution in [0.5, 0.6) is 0 Å². The van der Waals surface area contributed by atoms with Crippen LogP contribution >= 0.6 is 0 Å². The summed E-state index contributed by atoms with van der Waals surface area (Å²) in [5.74, 6) is 0.724. The van der Waals surface area contributed by atoms with Gasteiger partial charge >= 0.3 is 0 Å². The van der Waals surface area contributed by atoms with Gasteiger partial charge in [-0.1, -0.05) is 6.07 Å². The van der Waals surface area contributed by atoms with Gasteiger partial charge in [0.15, 0.2) is 5.82 Å². The summed E-state index contributed by atoms with van der Waals surface area (Å²) in [5, 5.41) is 21.7. The summed E-state index contributed by atoms with van der Waals surface area (Å²) in [6, 6.07) is 9.18. The van der Waals surface area contributed by atoms with Crippen molar-refractivity contribution >= 4 is 5.82 Å². The maximum absolute atomic E-state index is 8.97. The van der Waals surface area contributed by atoms with Crippen molar-refractivity contribution < 1.29 is 0 Å². The SMILES string of the molecule is N#CCc1nn(-c2ccccn2)c(N)c1C#N. The predicted molar refractivity (Wildman–Crippen MR) is 59.8 cm³/mol. The summed E-state index contributed by atoms with van der Waals surface area (Å²) >= 11 is 0. The first kappa shape index (κ1) is 10.7. The molecule has 0 atom stereocenters.